The molecule has 0 bridgehead atoms. The Morgan fingerprint density at radius 2 is 2.05 bits per heavy atom. The van der Waals surface area contributed by atoms with Gasteiger partial charge in [0.2, 0.25) is 0 Å². The van der Waals surface area contributed by atoms with Crippen molar-refractivity contribution in [3.63, 3.8) is 0 Å². The summed E-state index contributed by atoms with van der Waals surface area (Å²) in [6.07, 6.45) is 2.55. The van der Waals surface area contributed by atoms with Gasteiger partial charge in [0, 0.05) is 18.8 Å². The quantitative estimate of drug-likeness (QED) is 0.915. The average molecular weight is 321 g/mol. The van der Waals surface area contributed by atoms with Crippen LogP contribution in [0, 0.1) is 6.92 Å². The van der Waals surface area contributed by atoms with Crippen LogP contribution in [-0.4, -0.2) is 33.8 Å². The molecule has 0 aliphatic rings. The third kappa shape index (κ3) is 3.73. The van der Waals surface area contributed by atoms with Crippen molar-refractivity contribution in [3.05, 3.63) is 24.2 Å². The second-order valence-corrected chi connectivity index (χ2v) is 6.86. The molecule has 0 saturated heterocycles. The van der Waals surface area contributed by atoms with Gasteiger partial charge in [-0.25, -0.2) is 9.78 Å². The van der Waals surface area contributed by atoms with Crippen LogP contribution in [0.15, 0.2) is 18.5 Å². The predicted molar refractivity (Wildman–Crippen MR) is 86.4 cm³/mol. The Balaban J connectivity index is 2.28. The number of carbonyl (C=O) groups is 1. The first-order valence-corrected chi connectivity index (χ1v) is 7.57. The van der Waals surface area contributed by atoms with Crippen molar-refractivity contribution >= 4 is 22.4 Å². The number of aromatic nitrogens is 2. The Morgan fingerprint density at radius 3 is 2.64 bits per heavy atom. The summed E-state index contributed by atoms with van der Waals surface area (Å²) in [5, 5.41) is 10.9. The molecule has 2 aromatic heterocycles. The van der Waals surface area contributed by atoms with Gasteiger partial charge in [-0.3, -0.25) is 9.88 Å². The minimum atomic E-state index is -0.554. The summed E-state index contributed by atoms with van der Waals surface area (Å²) in [7, 11) is 1.65. The molecule has 0 aromatic carbocycles. The van der Waals surface area contributed by atoms with Crippen molar-refractivity contribution in [1.29, 1.82) is 0 Å². The van der Waals surface area contributed by atoms with Crippen LogP contribution in [0.2, 0.25) is 0 Å². The number of aromatic hydroxyl groups is 1. The summed E-state index contributed by atoms with van der Waals surface area (Å²) in [6, 6.07) is 1.59. The smallest absolute Gasteiger partial charge is 0.415 e. The molecule has 0 fully saturated rings. The van der Waals surface area contributed by atoms with Crippen molar-refractivity contribution in [1.82, 2.24) is 9.97 Å². The SMILES string of the molecule is Cc1nc(-c2cncc(O)c2)sc1N(C)C(=O)OC(C)(C)C. The Hall–Kier alpha value is -2.15. The molecular weight excluding hydrogens is 302 g/mol. The van der Waals surface area contributed by atoms with Crippen molar-refractivity contribution in [3.8, 4) is 16.3 Å². The Bertz CT molecular complexity index is 692. The number of aryl methyl sites for hydroxylation is 1. The summed E-state index contributed by atoms with van der Waals surface area (Å²) in [5.74, 6) is 0.0763. The molecular formula is C15H19N3O3S. The third-order valence-electron chi connectivity index (χ3n) is 2.71. The van der Waals surface area contributed by atoms with E-state index < -0.39 is 11.7 Å². The Labute approximate surface area is 133 Å². The summed E-state index contributed by atoms with van der Waals surface area (Å²) in [5.41, 5.74) is 0.871. The van der Waals surface area contributed by atoms with Gasteiger partial charge in [-0.2, -0.15) is 0 Å². The number of hydrogen-bond acceptors (Lipinski definition) is 6. The maximum atomic E-state index is 12.1. The molecule has 0 saturated carbocycles. The second-order valence-electron chi connectivity index (χ2n) is 5.88. The molecule has 7 heteroatoms. The number of anilines is 1. The maximum absolute atomic E-state index is 12.1. The lowest BCUT2D eigenvalue weighted by Gasteiger charge is -2.23. The number of pyridine rings is 1. The Morgan fingerprint density at radius 1 is 1.36 bits per heavy atom. The minimum absolute atomic E-state index is 0.0763. The topological polar surface area (TPSA) is 75.6 Å². The monoisotopic (exact) mass is 321 g/mol. The van der Waals surface area contributed by atoms with Crippen LogP contribution in [0.5, 0.6) is 5.75 Å². The molecule has 0 aliphatic heterocycles. The van der Waals surface area contributed by atoms with Crippen LogP contribution in [0.1, 0.15) is 26.5 Å². The fourth-order valence-corrected chi connectivity index (χ4v) is 2.78. The number of thiazole rings is 1. The van der Waals surface area contributed by atoms with E-state index in [-0.39, 0.29) is 5.75 Å². The number of ether oxygens (including phenoxy) is 1. The molecule has 0 aliphatic carbocycles. The van der Waals surface area contributed by atoms with Crippen molar-refractivity contribution in [2.45, 2.75) is 33.3 Å². The highest BCUT2D eigenvalue weighted by Crippen LogP contribution is 2.35. The molecule has 1 amide bonds. The first kappa shape index (κ1) is 16.2. The molecule has 0 atom stereocenters. The number of rotatable bonds is 2. The van der Waals surface area contributed by atoms with Crippen LogP contribution in [-0.2, 0) is 4.74 Å². The zero-order chi connectivity index (χ0) is 16.5. The normalized spacial score (nSPS) is 11.3. The van der Waals surface area contributed by atoms with Gasteiger partial charge in [-0.15, -0.1) is 0 Å². The van der Waals surface area contributed by atoms with Crippen LogP contribution in [0.3, 0.4) is 0 Å². The van der Waals surface area contributed by atoms with E-state index in [0.29, 0.717) is 15.6 Å². The molecule has 22 heavy (non-hydrogen) atoms. The van der Waals surface area contributed by atoms with E-state index in [2.05, 4.69) is 9.97 Å². The van der Waals surface area contributed by atoms with Gasteiger partial charge in [-0.1, -0.05) is 11.3 Å². The molecule has 118 valence electrons. The first-order valence-electron chi connectivity index (χ1n) is 6.76. The lowest BCUT2D eigenvalue weighted by atomic mass is 10.2. The molecule has 1 N–H and O–H groups in total. The fraction of sp³-hybridized carbons (Fsp3) is 0.400. The second kappa shape index (κ2) is 5.92. The van der Waals surface area contributed by atoms with Crippen LogP contribution >= 0.6 is 11.3 Å². The maximum Gasteiger partial charge on any atom is 0.415 e. The van der Waals surface area contributed by atoms with E-state index in [1.54, 1.807) is 19.3 Å². The number of nitrogens with zero attached hydrogens (tertiary/aromatic N) is 3. The third-order valence-corrected chi connectivity index (χ3v) is 4.00. The lowest BCUT2D eigenvalue weighted by Crippen LogP contribution is -2.34. The van der Waals surface area contributed by atoms with Gasteiger partial charge in [0.05, 0.1) is 11.9 Å². The molecule has 2 aromatic rings. The van der Waals surface area contributed by atoms with Crippen molar-refractivity contribution in [2.75, 3.05) is 11.9 Å². The van der Waals surface area contributed by atoms with Gasteiger partial charge >= 0.3 is 6.09 Å². The number of hydrogen-bond donors (Lipinski definition) is 1. The standard InChI is InChI=1S/C15H19N3O3S/c1-9-13(18(5)14(20)21-15(2,3)4)22-12(17-9)10-6-11(19)8-16-7-10/h6-8,19H,1-5H3. The highest BCUT2D eigenvalue weighted by Gasteiger charge is 2.24. The molecule has 6 nitrogen and oxygen atoms in total. The van der Waals surface area contributed by atoms with Crippen LogP contribution in [0.25, 0.3) is 10.6 Å². The van der Waals surface area contributed by atoms with E-state index in [0.717, 1.165) is 5.69 Å². The van der Waals surface area contributed by atoms with E-state index in [1.807, 2.05) is 27.7 Å². The average Bonchev–Trinajstić information content (AvgIpc) is 2.78. The first-order chi connectivity index (χ1) is 10.2. The number of amides is 1. The largest absolute Gasteiger partial charge is 0.506 e. The lowest BCUT2D eigenvalue weighted by molar-refractivity contribution is 0.0590. The van der Waals surface area contributed by atoms with Gasteiger partial charge in [0.1, 0.15) is 21.4 Å². The van der Waals surface area contributed by atoms with Gasteiger partial charge < -0.3 is 9.84 Å². The summed E-state index contributed by atoms with van der Waals surface area (Å²) in [6.45, 7) is 7.29. The molecule has 0 unspecified atom stereocenters. The highest BCUT2D eigenvalue weighted by molar-refractivity contribution is 7.19. The van der Waals surface area contributed by atoms with Gasteiger partial charge in [-0.05, 0) is 33.8 Å². The van der Waals surface area contributed by atoms with Crippen molar-refractivity contribution < 1.29 is 14.6 Å². The van der Waals surface area contributed by atoms with Crippen molar-refractivity contribution in [2.24, 2.45) is 0 Å². The molecule has 2 rings (SSSR count). The van der Waals surface area contributed by atoms with E-state index in [1.165, 1.54) is 22.4 Å². The number of carbonyl (C=O) groups excluding carboxylic acids is 1. The zero-order valence-corrected chi connectivity index (χ0v) is 14.1. The summed E-state index contributed by atoms with van der Waals surface area (Å²) >= 11 is 1.35. The van der Waals surface area contributed by atoms with Crippen LogP contribution < -0.4 is 4.90 Å². The van der Waals surface area contributed by atoms with E-state index in [9.17, 15) is 9.90 Å². The van der Waals surface area contributed by atoms with E-state index >= 15 is 0 Å². The molecule has 2 heterocycles. The Kier molecular flexibility index (Phi) is 4.37. The molecule has 0 radical (unpaired) electrons. The zero-order valence-electron chi connectivity index (χ0n) is 13.2. The van der Waals surface area contributed by atoms with Gasteiger partial charge in [0.15, 0.2) is 0 Å². The van der Waals surface area contributed by atoms with E-state index in [4.69, 9.17) is 4.74 Å². The molecule has 0 spiro atoms. The van der Waals surface area contributed by atoms with Gasteiger partial charge in [0.25, 0.3) is 0 Å². The highest BCUT2D eigenvalue weighted by atomic mass is 32.1. The fourth-order valence-electron chi connectivity index (χ4n) is 1.78. The summed E-state index contributed by atoms with van der Waals surface area (Å²) in [4.78, 5) is 22.0. The summed E-state index contributed by atoms with van der Waals surface area (Å²) < 4.78 is 5.36. The van der Waals surface area contributed by atoms with Crippen LogP contribution in [0.4, 0.5) is 9.80 Å². The predicted octanol–water partition coefficient (Wildman–Crippen LogP) is 3.59. The minimum Gasteiger partial charge on any atom is -0.506 e.